The lowest BCUT2D eigenvalue weighted by atomic mass is 10.0. The summed E-state index contributed by atoms with van der Waals surface area (Å²) in [6.45, 7) is 5.84. The highest BCUT2D eigenvalue weighted by Gasteiger charge is 2.13. The van der Waals surface area contributed by atoms with Gasteiger partial charge in [0.2, 0.25) is 0 Å². The minimum absolute atomic E-state index is 0.0899. The zero-order chi connectivity index (χ0) is 18.4. The summed E-state index contributed by atoms with van der Waals surface area (Å²) >= 11 is 0. The van der Waals surface area contributed by atoms with E-state index in [2.05, 4.69) is 24.5 Å². The van der Waals surface area contributed by atoms with E-state index in [1.54, 1.807) is 13.0 Å². The van der Waals surface area contributed by atoms with Crippen molar-refractivity contribution >= 4 is 17.4 Å². The zero-order valence-electron chi connectivity index (χ0n) is 14.4. The van der Waals surface area contributed by atoms with E-state index < -0.39 is 17.2 Å². The molecular formula is C18H21N3O4. The molecule has 0 spiro atoms. The highest BCUT2D eigenvalue weighted by Crippen LogP contribution is 2.26. The molecule has 2 aromatic rings. The minimum atomic E-state index is -0.571. The van der Waals surface area contributed by atoms with Gasteiger partial charge < -0.3 is 15.4 Å². The Labute approximate surface area is 146 Å². The van der Waals surface area contributed by atoms with Crippen LogP contribution in [0, 0.1) is 10.1 Å². The van der Waals surface area contributed by atoms with Crippen LogP contribution in [0.3, 0.4) is 0 Å². The second kappa shape index (κ2) is 8.14. The summed E-state index contributed by atoms with van der Waals surface area (Å²) in [5, 5.41) is 16.0. The third kappa shape index (κ3) is 5.20. The molecule has 132 valence electrons. The fourth-order valence-electron chi connectivity index (χ4n) is 2.33. The Hall–Kier alpha value is -3.09. The van der Waals surface area contributed by atoms with Crippen LogP contribution in [0.5, 0.6) is 5.75 Å². The van der Waals surface area contributed by atoms with Crippen molar-refractivity contribution in [3.8, 4) is 5.75 Å². The number of carbonyl (C=O) groups is 1. The first-order valence-electron chi connectivity index (χ1n) is 7.94. The molecule has 2 N–H and O–H groups in total. The topological polar surface area (TPSA) is 93.5 Å². The molecule has 2 rings (SSSR count). The van der Waals surface area contributed by atoms with Crippen LogP contribution in [0.25, 0.3) is 0 Å². The van der Waals surface area contributed by atoms with Crippen molar-refractivity contribution in [1.29, 1.82) is 0 Å². The van der Waals surface area contributed by atoms with Crippen molar-refractivity contribution < 1.29 is 14.5 Å². The molecule has 2 amide bonds. The number of anilines is 1. The number of non-ortho nitro benzene ring substituents is 1. The SMILES string of the molecule is CC(NC(=O)Nc1cccc([N+](=O)[O-])c1)Oc1ccccc1C(C)C. The number of nitro benzene ring substituents is 1. The van der Waals surface area contributed by atoms with Crippen LogP contribution in [0.15, 0.2) is 48.5 Å². The average molecular weight is 343 g/mol. The largest absolute Gasteiger partial charge is 0.471 e. The summed E-state index contributed by atoms with van der Waals surface area (Å²) < 4.78 is 5.80. The fourth-order valence-corrected chi connectivity index (χ4v) is 2.33. The van der Waals surface area contributed by atoms with Gasteiger partial charge in [0.15, 0.2) is 6.23 Å². The number of ether oxygens (including phenoxy) is 1. The normalized spacial score (nSPS) is 11.7. The van der Waals surface area contributed by atoms with Gasteiger partial charge in [0.1, 0.15) is 5.75 Å². The highest BCUT2D eigenvalue weighted by molar-refractivity contribution is 5.89. The molecule has 1 unspecified atom stereocenters. The Kier molecular flexibility index (Phi) is 5.94. The third-order valence-corrected chi connectivity index (χ3v) is 3.49. The summed E-state index contributed by atoms with van der Waals surface area (Å²) in [5.41, 5.74) is 1.30. The van der Waals surface area contributed by atoms with Gasteiger partial charge in [-0.05, 0) is 30.5 Å². The monoisotopic (exact) mass is 343 g/mol. The Morgan fingerprint density at radius 2 is 1.84 bits per heavy atom. The molecule has 0 aromatic heterocycles. The Morgan fingerprint density at radius 3 is 2.52 bits per heavy atom. The maximum Gasteiger partial charge on any atom is 0.322 e. The van der Waals surface area contributed by atoms with Crippen molar-refractivity contribution in [2.75, 3.05) is 5.32 Å². The van der Waals surface area contributed by atoms with Crippen LogP contribution in [-0.2, 0) is 0 Å². The van der Waals surface area contributed by atoms with E-state index in [4.69, 9.17) is 4.74 Å². The van der Waals surface area contributed by atoms with E-state index in [1.807, 2.05) is 24.3 Å². The molecule has 2 aromatic carbocycles. The van der Waals surface area contributed by atoms with Gasteiger partial charge in [-0.25, -0.2) is 4.79 Å². The van der Waals surface area contributed by atoms with Gasteiger partial charge in [0.05, 0.1) is 4.92 Å². The number of nitro groups is 1. The molecular weight excluding hydrogens is 322 g/mol. The molecule has 0 aliphatic heterocycles. The van der Waals surface area contributed by atoms with Crippen molar-refractivity contribution in [3.63, 3.8) is 0 Å². The van der Waals surface area contributed by atoms with Crippen molar-refractivity contribution in [2.45, 2.75) is 32.9 Å². The van der Waals surface area contributed by atoms with Crippen LogP contribution < -0.4 is 15.4 Å². The van der Waals surface area contributed by atoms with Gasteiger partial charge in [-0.1, -0.05) is 38.1 Å². The van der Waals surface area contributed by atoms with Crippen LogP contribution >= 0.6 is 0 Å². The third-order valence-electron chi connectivity index (χ3n) is 3.49. The molecule has 0 bridgehead atoms. The molecule has 7 nitrogen and oxygen atoms in total. The quantitative estimate of drug-likeness (QED) is 0.465. The average Bonchev–Trinajstić information content (AvgIpc) is 2.55. The lowest BCUT2D eigenvalue weighted by Crippen LogP contribution is -2.39. The number of nitrogens with one attached hydrogen (secondary N) is 2. The highest BCUT2D eigenvalue weighted by atomic mass is 16.6. The first kappa shape index (κ1) is 18.3. The molecule has 0 radical (unpaired) electrons. The summed E-state index contributed by atoms with van der Waals surface area (Å²) in [6.07, 6.45) is -0.571. The predicted octanol–water partition coefficient (Wildman–Crippen LogP) is 4.26. The van der Waals surface area contributed by atoms with Gasteiger partial charge in [-0.15, -0.1) is 0 Å². The van der Waals surface area contributed by atoms with E-state index in [1.165, 1.54) is 18.2 Å². The molecule has 0 saturated carbocycles. The number of hydrogen-bond acceptors (Lipinski definition) is 4. The van der Waals surface area contributed by atoms with E-state index in [9.17, 15) is 14.9 Å². The van der Waals surface area contributed by atoms with Gasteiger partial charge in [-0.2, -0.15) is 0 Å². The van der Waals surface area contributed by atoms with Gasteiger partial charge in [-0.3, -0.25) is 10.1 Å². The second-order valence-electron chi connectivity index (χ2n) is 5.86. The Balaban J connectivity index is 1.97. The van der Waals surface area contributed by atoms with Crippen LogP contribution in [0.1, 0.15) is 32.3 Å². The zero-order valence-corrected chi connectivity index (χ0v) is 14.4. The van der Waals surface area contributed by atoms with E-state index in [-0.39, 0.29) is 5.69 Å². The number of benzene rings is 2. The molecule has 25 heavy (non-hydrogen) atoms. The second-order valence-corrected chi connectivity index (χ2v) is 5.86. The molecule has 0 aliphatic rings. The maximum absolute atomic E-state index is 12.0. The Bertz CT molecular complexity index is 761. The molecule has 0 aliphatic carbocycles. The minimum Gasteiger partial charge on any atom is -0.471 e. The molecule has 7 heteroatoms. The maximum atomic E-state index is 12.0. The predicted molar refractivity (Wildman–Crippen MR) is 95.9 cm³/mol. The van der Waals surface area contributed by atoms with E-state index in [0.717, 1.165) is 5.56 Å². The van der Waals surface area contributed by atoms with E-state index >= 15 is 0 Å². The number of amides is 2. The standard InChI is InChI=1S/C18H21N3O4/c1-12(2)16-9-4-5-10-17(16)25-13(3)19-18(22)20-14-7-6-8-15(11-14)21(23)24/h4-13H,1-3H3,(H2,19,20,22). The molecule has 0 fully saturated rings. The Morgan fingerprint density at radius 1 is 1.12 bits per heavy atom. The van der Waals surface area contributed by atoms with Crippen LogP contribution in [0.4, 0.5) is 16.2 Å². The van der Waals surface area contributed by atoms with Crippen molar-refractivity contribution in [2.24, 2.45) is 0 Å². The van der Waals surface area contributed by atoms with Crippen molar-refractivity contribution in [1.82, 2.24) is 5.32 Å². The lowest BCUT2D eigenvalue weighted by molar-refractivity contribution is -0.384. The fraction of sp³-hybridized carbons (Fsp3) is 0.278. The summed E-state index contributed by atoms with van der Waals surface area (Å²) in [7, 11) is 0. The number of urea groups is 1. The van der Waals surface area contributed by atoms with Gasteiger partial charge in [0.25, 0.3) is 5.69 Å². The van der Waals surface area contributed by atoms with E-state index in [0.29, 0.717) is 17.4 Å². The number of nitrogens with zero attached hydrogens (tertiary/aromatic N) is 1. The molecule has 0 saturated heterocycles. The molecule has 0 heterocycles. The summed E-state index contributed by atoms with van der Waals surface area (Å²) in [5.74, 6) is 1.00. The lowest BCUT2D eigenvalue weighted by Gasteiger charge is -2.20. The number of carbonyl (C=O) groups excluding carboxylic acids is 1. The van der Waals surface area contributed by atoms with Gasteiger partial charge >= 0.3 is 6.03 Å². The smallest absolute Gasteiger partial charge is 0.322 e. The first-order valence-corrected chi connectivity index (χ1v) is 7.94. The molecule has 1 atom stereocenters. The van der Waals surface area contributed by atoms with Crippen LogP contribution in [0.2, 0.25) is 0 Å². The number of para-hydroxylation sites is 1. The van der Waals surface area contributed by atoms with Crippen LogP contribution in [-0.4, -0.2) is 17.2 Å². The summed E-state index contributed by atoms with van der Waals surface area (Å²) in [4.78, 5) is 22.3. The van der Waals surface area contributed by atoms with Crippen molar-refractivity contribution in [3.05, 3.63) is 64.2 Å². The first-order chi connectivity index (χ1) is 11.9. The van der Waals surface area contributed by atoms with Gasteiger partial charge in [0, 0.05) is 17.8 Å². The summed E-state index contributed by atoms with van der Waals surface area (Å²) in [6, 6.07) is 12.9. The number of rotatable bonds is 6. The number of hydrogen-bond donors (Lipinski definition) is 2.